The summed E-state index contributed by atoms with van der Waals surface area (Å²) in [7, 11) is 0. The van der Waals surface area contributed by atoms with Crippen molar-refractivity contribution in [2.75, 3.05) is 6.61 Å². The van der Waals surface area contributed by atoms with E-state index in [-0.39, 0.29) is 17.6 Å². The average molecular weight is 445 g/mol. The summed E-state index contributed by atoms with van der Waals surface area (Å²) < 4.78 is 43.9. The van der Waals surface area contributed by atoms with Gasteiger partial charge in [-0.1, -0.05) is 43.0 Å². The first-order valence-corrected chi connectivity index (χ1v) is 10.6. The molecule has 162 valence electrons. The topological polar surface area (TPSA) is 29.5 Å². The molecular weight excluding hydrogens is 421 g/mol. The highest BCUT2D eigenvalue weighted by atomic mass is 32.2. The van der Waals surface area contributed by atoms with E-state index < -0.39 is 11.7 Å². The molecule has 31 heavy (non-hydrogen) atoms. The predicted molar refractivity (Wildman–Crippen MR) is 120 cm³/mol. The maximum atomic E-state index is 12.8. The number of aryl methyl sites for hydroxylation is 1. The van der Waals surface area contributed by atoms with Crippen LogP contribution in [0.1, 0.15) is 28.9 Å². The van der Waals surface area contributed by atoms with E-state index in [4.69, 9.17) is 4.74 Å². The lowest BCUT2D eigenvalue weighted by atomic mass is 10.0. The second-order valence-corrected chi connectivity index (χ2v) is 8.66. The highest BCUT2D eigenvalue weighted by Gasteiger charge is 2.29. The van der Waals surface area contributed by atoms with Crippen LogP contribution in [0.25, 0.3) is 11.1 Å². The van der Waals surface area contributed by atoms with Gasteiger partial charge in [0.05, 0.1) is 5.56 Å². The van der Waals surface area contributed by atoms with Crippen molar-refractivity contribution in [3.8, 4) is 16.9 Å². The summed E-state index contributed by atoms with van der Waals surface area (Å²) in [5, 5.41) is 9.32. The summed E-state index contributed by atoms with van der Waals surface area (Å²) >= 11 is 1.68. The van der Waals surface area contributed by atoms with Crippen molar-refractivity contribution in [1.82, 2.24) is 0 Å². The Morgan fingerprint density at radius 1 is 1.03 bits per heavy atom. The monoisotopic (exact) mass is 444 g/mol. The number of benzene rings is 3. The van der Waals surface area contributed by atoms with Gasteiger partial charge in [0.15, 0.2) is 0 Å². The fourth-order valence-electron chi connectivity index (χ4n) is 3.11. The van der Waals surface area contributed by atoms with Crippen LogP contribution < -0.4 is 4.74 Å². The lowest BCUT2D eigenvalue weighted by Gasteiger charge is -2.15. The molecular formula is C25H23F3O2S. The van der Waals surface area contributed by atoms with E-state index in [0.29, 0.717) is 5.75 Å². The van der Waals surface area contributed by atoms with E-state index in [1.165, 1.54) is 12.1 Å². The molecule has 3 rings (SSSR count). The fraction of sp³-hybridized carbons (Fsp3) is 0.200. The lowest BCUT2D eigenvalue weighted by Crippen LogP contribution is -2.04. The van der Waals surface area contributed by atoms with Gasteiger partial charge in [-0.2, -0.15) is 13.2 Å². The zero-order valence-corrected chi connectivity index (χ0v) is 18.1. The summed E-state index contributed by atoms with van der Waals surface area (Å²) in [4.78, 5) is 1.07. The van der Waals surface area contributed by atoms with E-state index in [0.717, 1.165) is 39.3 Å². The molecule has 2 nitrogen and oxygen atoms in total. The summed E-state index contributed by atoms with van der Waals surface area (Å²) in [5.41, 5.74) is 3.01. The normalized spacial score (nSPS) is 12.4. The minimum absolute atomic E-state index is 0.0283. The van der Waals surface area contributed by atoms with Crippen LogP contribution in [0.2, 0.25) is 0 Å². The van der Waals surface area contributed by atoms with Gasteiger partial charge in [-0.3, -0.25) is 0 Å². The molecule has 0 saturated heterocycles. The zero-order valence-electron chi connectivity index (χ0n) is 17.2. The molecule has 0 aliphatic heterocycles. The number of alkyl halides is 3. The predicted octanol–water partition coefficient (Wildman–Crippen LogP) is 7.98. The Kier molecular flexibility index (Phi) is 7.01. The Bertz CT molecular complexity index is 1060. The van der Waals surface area contributed by atoms with Crippen molar-refractivity contribution in [3.63, 3.8) is 0 Å². The zero-order chi connectivity index (χ0) is 22.6. The van der Waals surface area contributed by atoms with Crippen molar-refractivity contribution >= 4 is 11.8 Å². The van der Waals surface area contributed by atoms with Gasteiger partial charge in [-0.05, 0) is 66.4 Å². The minimum Gasteiger partial charge on any atom is -0.509 e. The second kappa shape index (κ2) is 9.52. The summed E-state index contributed by atoms with van der Waals surface area (Å²) in [6, 6.07) is 18.9. The molecule has 0 aliphatic carbocycles. The van der Waals surface area contributed by atoms with Crippen LogP contribution in [0.15, 0.2) is 84.0 Å². The van der Waals surface area contributed by atoms with Crippen molar-refractivity contribution in [2.24, 2.45) is 0 Å². The number of hydrogen-bond donors (Lipinski definition) is 1. The molecule has 0 saturated carbocycles. The Morgan fingerprint density at radius 2 is 1.74 bits per heavy atom. The lowest BCUT2D eigenvalue weighted by molar-refractivity contribution is -0.137. The molecule has 3 aromatic rings. The molecule has 0 aliphatic rings. The van der Waals surface area contributed by atoms with Gasteiger partial charge in [0, 0.05) is 10.1 Å². The van der Waals surface area contributed by atoms with Crippen LogP contribution in [0.3, 0.4) is 0 Å². The first-order valence-electron chi connectivity index (χ1n) is 9.68. The van der Waals surface area contributed by atoms with Crippen molar-refractivity contribution in [1.29, 1.82) is 0 Å². The third-order valence-electron chi connectivity index (χ3n) is 4.76. The summed E-state index contributed by atoms with van der Waals surface area (Å²) in [5.74, 6) is 0.663. The molecule has 3 aromatic carbocycles. The molecule has 0 bridgehead atoms. The van der Waals surface area contributed by atoms with E-state index in [9.17, 15) is 18.3 Å². The van der Waals surface area contributed by atoms with Crippen LogP contribution in [0, 0.1) is 6.92 Å². The maximum Gasteiger partial charge on any atom is 0.416 e. The molecule has 1 N–H and O–H groups in total. The molecule has 0 radical (unpaired) electrons. The Hall–Kier alpha value is -2.86. The number of ether oxygens (including phenoxy) is 1. The Balaban J connectivity index is 1.74. The molecule has 0 spiro atoms. The van der Waals surface area contributed by atoms with Gasteiger partial charge in [0.1, 0.15) is 18.1 Å². The van der Waals surface area contributed by atoms with Gasteiger partial charge in [0.25, 0.3) is 0 Å². The highest BCUT2D eigenvalue weighted by Crippen LogP contribution is 2.38. The van der Waals surface area contributed by atoms with Crippen molar-refractivity contribution in [3.05, 3.63) is 95.8 Å². The molecule has 6 heteroatoms. The summed E-state index contributed by atoms with van der Waals surface area (Å²) in [6.45, 7) is 7.50. The highest BCUT2D eigenvalue weighted by molar-refractivity contribution is 7.99. The average Bonchev–Trinajstić information content (AvgIpc) is 2.72. The van der Waals surface area contributed by atoms with Crippen LogP contribution in [0.5, 0.6) is 5.75 Å². The fourth-order valence-corrected chi connectivity index (χ4v) is 4.20. The second-order valence-electron chi connectivity index (χ2n) is 7.24. The number of hydrogen-bond acceptors (Lipinski definition) is 3. The van der Waals surface area contributed by atoms with Crippen molar-refractivity contribution < 1.29 is 23.0 Å². The Labute approximate surface area is 184 Å². The first-order chi connectivity index (χ1) is 14.6. The standard InChI is InChI=1S/C25H23F3O2S/c1-16-13-23(11-12-24(16)30-15-17(2)29)31-18(3)20-5-4-6-21(14-20)19-7-9-22(10-8-19)25(26,27)28/h4-14,18,29H,2,15H2,1,3H3. The third kappa shape index (κ3) is 6.07. The first kappa shape index (κ1) is 22.8. The SMILES string of the molecule is C=C(O)COc1ccc(SC(C)c2cccc(-c3ccc(C(F)(F)F)cc3)c2)cc1C. The van der Waals surface area contributed by atoms with E-state index in [1.54, 1.807) is 11.8 Å². The quantitative estimate of drug-likeness (QED) is 0.296. The Morgan fingerprint density at radius 3 is 2.35 bits per heavy atom. The van der Waals surface area contributed by atoms with Crippen LogP contribution in [-0.4, -0.2) is 11.7 Å². The van der Waals surface area contributed by atoms with Gasteiger partial charge in [0.2, 0.25) is 0 Å². The molecule has 0 aromatic heterocycles. The number of halogens is 3. The molecule has 0 heterocycles. The van der Waals surface area contributed by atoms with E-state index in [1.807, 2.05) is 49.4 Å². The minimum atomic E-state index is -4.34. The maximum absolute atomic E-state index is 12.8. The van der Waals surface area contributed by atoms with E-state index in [2.05, 4.69) is 13.5 Å². The van der Waals surface area contributed by atoms with Gasteiger partial charge in [-0.15, -0.1) is 11.8 Å². The molecule has 1 atom stereocenters. The molecule has 1 unspecified atom stereocenters. The van der Waals surface area contributed by atoms with Crippen LogP contribution >= 0.6 is 11.8 Å². The van der Waals surface area contributed by atoms with Gasteiger partial charge < -0.3 is 9.84 Å². The summed E-state index contributed by atoms with van der Waals surface area (Å²) in [6.07, 6.45) is -4.34. The molecule has 0 amide bonds. The number of aliphatic hydroxyl groups is 1. The molecule has 0 fully saturated rings. The number of rotatable bonds is 7. The van der Waals surface area contributed by atoms with Gasteiger partial charge in [-0.25, -0.2) is 0 Å². The van der Waals surface area contributed by atoms with E-state index >= 15 is 0 Å². The largest absolute Gasteiger partial charge is 0.509 e. The third-order valence-corrected chi connectivity index (χ3v) is 5.91. The van der Waals surface area contributed by atoms with Crippen LogP contribution in [0.4, 0.5) is 13.2 Å². The number of thioether (sulfide) groups is 1. The number of aliphatic hydroxyl groups excluding tert-OH is 1. The van der Waals surface area contributed by atoms with Crippen LogP contribution in [-0.2, 0) is 6.18 Å². The smallest absolute Gasteiger partial charge is 0.416 e. The van der Waals surface area contributed by atoms with Crippen molar-refractivity contribution in [2.45, 2.75) is 30.2 Å². The van der Waals surface area contributed by atoms with Gasteiger partial charge >= 0.3 is 6.18 Å².